The van der Waals surface area contributed by atoms with E-state index in [9.17, 15) is 0 Å². The molecule has 1 atom stereocenters. The highest BCUT2D eigenvalue weighted by Gasteiger charge is 2.22. The van der Waals surface area contributed by atoms with Crippen LogP contribution in [0.2, 0.25) is 0 Å². The zero-order valence-electron chi connectivity index (χ0n) is 11.9. The predicted octanol–water partition coefficient (Wildman–Crippen LogP) is 2.49. The first kappa shape index (κ1) is 13.7. The molecule has 3 rings (SSSR count). The highest BCUT2D eigenvalue weighted by molar-refractivity contribution is 5.80. The van der Waals surface area contributed by atoms with Gasteiger partial charge in [-0.2, -0.15) is 0 Å². The van der Waals surface area contributed by atoms with Gasteiger partial charge in [0.15, 0.2) is 0 Å². The Morgan fingerprint density at radius 1 is 1.29 bits per heavy atom. The zero-order valence-corrected chi connectivity index (χ0v) is 11.9. The molecular formula is C16H20N4O. The first-order valence-electron chi connectivity index (χ1n) is 7.35. The Bertz CT molecular complexity index is 633. The minimum absolute atomic E-state index is 0.0245. The lowest BCUT2D eigenvalue weighted by atomic mass is 9.98. The molecule has 1 heterocycles. The molecular weight excluding hydrogens is 264 g/mol. The predicted molar refractivity (Wildman–Crippen MR) is 81.5 cm³/mol. The van der Waals surface area contributed by atoms with E-state index in [4.69, 9.17) is 10.9 Å². The number of rotatable bonds is 4. The summed E-state index contributed by atoms with van der Waals surface area (Å²) in [5, 5.41) is 12.0. The van der Waals surface area contributed by atoms with Crippen LogP contribution in [0.3, 0.4) is 0 Å². The van der Waals surface area contributed by atoms with Gasteiger partial charge in [0.1, 0.15) is 5.84 Å². The summed E-state index contributed by atoms with van der Waals surface area (Å²) in [7, 11) is 0. The minimum Gasteiger partial charge on any atom is -0.409 e. The maximum Gasteiger partial charge on any atom is 0.141 e. The van der Waals surface area contributed by atoms with E-state index in [-0.39, 0.29) is 11.9 Å². The fraction of sp³-hybridized carbons (Fsp3) is 0.375. The molecule has 1 aromatic heterocycles. The molecule has 0 saturated carbocycles. The molecule has 0 bridgehead atoms. The molecule has 1 aromatic carbocycles. The Morgan fingerprint density at radius 2 is 2.05 bits per heavy atom. The number of nitrogens with zero attached hydrogens (tertiary/aromatic N) is 3. The third-order valence-electron chi connectivity index (χ3n) is 4.11. The lowest BCUT2D eigenvalue weighted by molar-refractivity contribution is 0.315. The van der Waals surface area contributed by atoms with Gasteiger partial charge in [-0.15, -0.1) is 0 Å². The van der Waals surface area contributed by atoms with Crippen molar-refractivity contribution in [3.8, 4) is 0 Å². The topological polar surface area (TPSA) is 76.4 Å². The van der Waals surface area contributed by atoms with Crippen LogP contribution in [0.25, 0.3) is 0 Å². The van der Waals surface area contributed by atoms with Gasteiger partial charge in [0.2, 0.25) is 0 Å². The molecule has 0 radical (unpaired) electrons. The van der Waals surface area contributed by atoms with E-state index in [1.54, 1.807) is 0 Å². The van der Waals surface area contributed by atoms with Crippen LogP contribution in [0.4, 0.5) is 0 Å². The van der Waals surface area contributed by atoms with Crippen LogP contribution in [0.15, 0.2) is 41.8 Å². The second-order valence-corrected chi connectivity index (χ2v) is 5.47. The van der Waals surface area contributed by atoms with Crippen LogP contribution < -0.4 is 5.73 Å². The fourth-order valence-corrected chi connectivity index (χ4v) is 3.05. The van der Waals surface area contributed by atoms with E-state index >= 15 is 0 Å². The molecule has 1 aliphatic rings. The van der Waals surface area contributed by atoms with Crippen molar-refractivity contribution < 1.29 is 5.21 Å². The van der Waals surface area contributed by atoms with Crippen molar-refractivity contribution in [2.75, 3.05) is 0 Å². The lowest BCUT2D eigenvalue weighted by Gasteiger charge is -2.23. The van der Waals surface area contributed by atoms with Gasteiger partial charge in [-0.3, -0.25) is 0 Å². The summed E-state index contributed by atoms with van der Waals surface area (Å²) in [6, 6.07) is 10.2. The standard InChI is InChI=1S/C16H20N4O/c17-16(19-21)10-15(12-6-2-1-3-7-12)20-11-18-13-8-4-5-9-14(13)20/h1-3,6-7,11,15,21H,4-5,8-10H2,(H2,17,19). The number of benzene rings is 1. The molecule has 5 heteroatoms. The maximum atomic E-state index is 8.90. The van der Waals surface area contributed by atoms with Crippen LogP contribution >= 0.6 is 0 Å². The first-order valence-corrected chi connectivity index (χ1v) is 7.35. The molecule has 21 heavy (non-hydrogen) atoms. The summed E-state index contributed by atoms with van der Waals surface area (Å²) in [6.45, 7) is 0. The van der Waals surface area contributed by atoms with E-state index in [1.165, 1.54) is 24.2 Å². The molecule has 0 fully saturated rings. The van der Waals surface area contributed by atoms with Crippen LogP contribution in [0, 0.1) is 0 Å². The average molecular weight is 284 g/mol. The Hall–Kier alpha value is -2.30. The van der Waals surface area contributed by atoms with Gasteiger partial charge in [0, 0.05) is 12.1 Å². The second-order valence-electron chi connectivity index (χ2n) is 5.47. The van der Waals surface area contributed by atoms with Gasteiger partial charge in [-0.1, -0.05) is 35.5 Å². The third kappa shape index (κ3) is 2.77. The Morgan fingerprint density at radius 3 is 2.81 bits per heavy atom. The SMILES string of the molecule is N/C(CC(c1ccccc1)n1cnc2c1CCCC2)=N/O. The largest absolute Gasteiger partial charge is 0.409 e. The van der Waals surface area contributed by atoms with Crippen molar-refractivity contribution in [1.29, 1.82) is 0 Å². The summed E-state index contributed by atoms with van der Waals surface area (Å²) in [6.07, 6.45) is 6.88. The third-order valence-corrected chi connectivity index (χ3v) is 4.11. The van der Waals surface area contributed by atoms with Crippen molar-refractivity contribution >= 4 is 5.84 Å². The Labute approximate surface area is 124 Å². The number of nitrogens with two attached hydrogens (primary N) is 1. The quantitative estimate of drug-likeness (QED) is 0.392. The summed E-state index contributed by atoms with van der Waals surface area (Å²) in [5.74, 6) is 0.238. The van der Waals surface area contributed by atoms with Gasteiger partial charge >= 0.3 is 0 Å². The van der Waals surface area contributed by atoms with Crippen LogP contribution in [-0.2, 0) is 12.8 Å². The monoisotopic (exact) mass is 284 g/mol. The number of hydrogen-bond donors (Lipinski definition) is 2. The smallest absolute Gasteiger partial charge is 0.141 e. The number of hydrogen-bond acceptors (Lipinski definition) is 3. The molecule has 110 valence electrons. The number of aromatic nitrogens is 2. The fourth-order valence-electron chi connectivity index (χ4n) is 3.05. The highest BCUT2D eigenvalue weighted by atomic mass is 16.4. The molecule has 0 saturated heterocycles. The molecule has 3 N–H and O–H groups in total. The van der Waals surface area contributed by atoms with Gasteiger partial charge in [-0.25, -0.2) is 4.98 Å². The highest BCUT2D eigenvalue weighted by Crippen LogP contribution is 2.28. The van der Waals surface area contributed by atoms with E-state index < -0.39 is 0 Å². The van der Waals surface area contributed by atoms with Gasteiger partial charge in [0.05, 0.1) is 18.1 Å². The number of oxime groups is 1. The second kappa shape index (κ2) is 5.99. The van der Waals surface area contributed by atoms with Crippen molar-refractivity contribution in [3.63, 3.8) is 0 Å². The Kier molecular flexibility index (Phi) is 3.90. The zero-order chi connectivity index (χ0) is 14.7. The molecule has 1 aliphatic carbocycles. The lowest BCUT2D eigenvalue weighted by Crippen LogP contribution is -2.22. The summed E-state index contributed by atoms with van der Waals surface area (Å²) < 4.78 is 2.20. The van der Waals surface area contributed by atoms with Crippen LogP contribution in [0.5, 0.6) is 0 Å². The summed E-state index contributed by atoms with van der Waals surface area (Å²) in [5.41, 5.74) is 9.40. The van der Waals surface area contributed by atoms with E-state index in [1.807, 2.05) is 24.5 Å². The summed E-state index contributed by atoms with van der Waals surface area (Å²) >= 11 is 0. The molecule has 2 aromatic rings. The van der Waals surface area contributed by atoms with Gasteiger partial charge in [0.25, 0.3) is 0 Å². The van der Waals surface area contributed by atoms with Gasteiger partial charge < -0.3 is 15.5 Å². The molecule has 5 nitrogen and oxygen atoms in total. The average Bonchev–Trinajstić information content (AvgIpc) is 2.97. The van der Waals surface area contributed by atoms with E-state index in [0.29, 0.717) is 6.42 Å². The van der Waals surface area contributed by atoms with E-state index in [2.05, 4.69) is 26.8 Å². The molecule has 0 aliphatic heterocycles. The van der Waals surface area contributed by atoms with Crippen LogP contribution in [-0.4, -0.2) is 20.6 Å². The minimum atomic E-state index is 0.0245. The maximum absolute atomic E-state index is 8.90. The number of fused-ring (bicyclic) bond motifs is 1. The molecule has 1 unspecified atom stereocenters. The van der Waals surface area contributed by atoms with Crippen LogP contribution in [0.1, 0.15) is 42.3 Å². The molecule has 0 amide bonds. The number of aryl methyl sites for hydroxylation is 1. The molecule has 0 spiro atoms. The van der Waals surface area contributed by atoms with Crippen molar-refractivity contribution in [2.45, 2.75) is 38.1 Å². The van der Waals surface area contributed by atoms with E-state index in [0.717, 1.165) is 18.4 Å². The Balaban J connectivity index is 2.01. The first-order chi connectivity index (χ1) is 10.3. The van der Waals surface area contributed by atoms with Crippen molar-refractivity contribution in [1.82, 2.24) is 9.55 Å². The normalized spacial score (nSPS) is 16.5. The number of amidine groups is 1. The van der Waals surface area contributed by atoms with Crippen molar-refractivity contribution in [3.05, 3.63) is 53.6 Å². The number of imidazole rings is 1. The van der Waals surface area contributed by atoms with Crippen molar-refractivity contribution in [2.24, 2.45) is 10.9 Å². The summed E-state index contributed by atoms with van der Waals surface area (Å²) in [4.78, 5) is 4.56. The van der Waals surface area contributed by atoms with Gasteiger partial charge in [-0.05, 0) is 31.2 Å².